The number of halogens is 1. The molecule has 0 spiro atoms. The number of hydrogen-bond acceptors (Lipinski definition) is 3. The maximum Gasteiger partial charge on any atom is 0.341 e. The molecule has 0 saturated heterocycles. The van der Waals surface area contributed by atoms with Crippen LogP contribution in [0.25, 0.3) is 0 Å². The number of aliphatic carboxylic acids is 1. The normalized spacial score (nSPS) is 9.60. The zero-order valence-corrected chi connectivity index (χ0v) is 12.0. The number of carbonyl (C=O) groups excluding carboxylic acids is 1. The Hall–Kier alpha value is -2.22. The van der Waals surface area contributed by atoms with Gasteiger partial charge in [0.25, 0.3) is 12.2 Å². The van der Waals surface area contributed by atoms with Crippen molar-refractivity contribution in [2.24, 2.45) is 0 Å². The number of rotatable bonds is 5. The first kappa shape index (κ1) is 15.8. The van der Waals surface area contributed by atoms with Crippen LogP contribution in [0.15, 0.2) is 43.0 Å². The fourth-order valence-corrected chi connectivity index (χ4v) is 1.57. The van der Waals surface area contributed by atoms with Crippen molar-refractivity contribution in [2.75, 3.05) is 5.43 Å². The number of carboxylic acids is 1. The molecule has 2 rings (SSSR count). The molecule has 0 aliphatic carbocycles. The van der Waals surface area contributed by atoms with Crippen molar-refractivity contribution in [2.45, 2.75) is 13.0 Å². The highest BCUT2D eigenvalue weighted by molar-refractivity contribution is 5.84. The molecule has 2 N–H and O–H groups in total. The molecule has 0 radical (unpaired) electrons. The van der Waals surface area contributed by atoms with E-state index in [1.54, 1.807) is 0 Å². The minimum atomic E-state index is -0.995. The zero-order valence-electron chi connectivity index (χ0n) is 10.4. The van der Waals surface area contributed by atoms with Crippen LogP contribution >= 0.6 is 0 Å². The highest BCUT2D eigenvalue weighted by Crippen LogP contribution is 1.98. The maximum atomic E-state index is 11.7. The molecule has 2 aromatic rings. The van der Waals surface area contributed by atoms with Crippen LogP contribution in [0.1, 0.15) is 5.56 Å². The standard InChI is InChI=1S/C12H12N4O3.BrH/c17-11(6-10-4-2-1-3-5-10)14-16-8-13-15(9-16)7-12(18)19;/h1-5,8-9H,6-7H2,(H-,14,17,18,19);1H. The second kappa shape index (κ2) is 7.39. The second-order valence-electron chi connectivity index (χ2n) is 3.94. The third kappa shape index (κ3) is 4.81. The van der Waals surface area contributed by atoms with Gasteiger partial charge in [0.1, 0.15) is 0 Å². The van der Waals surface area contributed by atoms with E-state index in [4.69, 9.17) is 5.11 Å². The summed E-state index contributed by atoms with van der Waals surface area (Å²) in [7, 11) is 0. The number of benzene rings is 1. The summed E-state index contributed by atoms with van der Waals surface area (Å²) in [4.78, 5) is 22.2. The van der Waals surface area contributed by atoms with Gasteiger partial charge in [0, 0.05) is 5.10 Å². The van der Waals surface area contributed by atoms with E-state index in [0.717, 1.165) is 5.56 Å². The zero-order chi connectivity index (χ0) is 13.7. The lowest BCUT2D eigenvalue weighted by atomic mass is 10.1. The van der Waals surface area contributed by atoms with Gasteiger partial charge in [-0.25, -0.2) is 10.2 Å². The molecule has 1 aromatic heterocycles. The topological polar surface area (TPSA) is 88.1 Å². The highest BCUT2D eigenvalue weighted by atomic mass is 79.9. The van der Waals surface area contributed by atoms with Crippen molar-refractivity contribution in [1.29, 1.82) is 0 Å². The first-order valence-corrected chi connectivity index (χ1v) is 5.63. The molecular weight excluding hydrogens is 328 g/mol. The van der Waals surface area contributed by atoms with E-state index in [9.17, 15) is 9.59 Å². The van der Waals surface area contributed by atoms with Gasteiger partial charge in [-0.2, -0.15) is 0 Å². The smallest absolute Gasteiger partial charge is 0.341 e. The van der Waals surface area contributed by atoms with E-state index in [1.165, 1.54) is 22.0 Å². The van der Waals surface area contributed by atoms with Crippen LogP contribution in [0.5, 0.6) is 0 Å². The summed E-state index contributed by atoms with van der Waals surface area (Å²) in [5.74, 6) is -1.20. The molecular formula is C12H13BrN4O3. The van der Waals surface area contributed by atoms with E-state index in [0.29, 0.717) is 0 Å². The number of nitrogens with one attached hydrogen (secondary N) is 1. The molecule has 0 saturated carbocycles. The van der Waals surface area contributed by atoms with Crippen molar-refractivity contribution in [1.82, 2.24) is 9.78 Å². The molecule has 1 heterocycles. The van der Waals surface area contributed by atoms with Gasteiger partial charge >= 0.3 is 5.97 Å². The third-order valence-corrected chi connectivity index (χ3v) is 2.34. The van der Waals surface area contributed by atoms with Gasteiger partial charge in [-0.15, -0.1) is 9.36 Å². The molecule has 106 valence electrons. The Morgan fingerprint density at radius 1 is 1.30 bits per heavy atom. The molecule has 0 bridgehead atoms. The van der Waals surface area contributed by atoms with Crippen LogP contribution in [0, 0.1) is 0 Å². The van der Waals surface area contributed by atoms with Gasteiger partial charge in [0.05, 0.1) is 6.42 Å². The number of amides is 1. The van der Waals surface area contributed by atoms with Gasteiger partial charge < -0.3 is 22.1 Å². The van der Waals surface area contributed by atoms with Gasteiger partial charge in [-0.05, 0) is 5.56 Å². The molecule has 0 aliphatic heterocycles. The largest absolute Gasteiger partial charge is 1.00 e. The van der Waals surface area contributed by atoms with Crippen molar-refractivity contribution in [3.63, 3.8) is 0 Å². The first-order chi connectivity index (χ1) is 9.13. The molecule has 8 heteroatoms. The molecule has 0 aliphatic rings. The van der Waals surface area contributed by atoms with Gasteiger partial charge in [0.2, 0.25) is 12.9 Å². The summed E-state index contributed by atoms with van der Waals surface area (Å²) in [5, 5.41) is 12.4. The lowest BCUT2D eigenvalue weighted by Crippen LogP contribution is -3.00. The monoisotopic (exact) mass is 340 g/mol. The van der Waals surface area contributed by atoms with Crippen LogP contribution in [0.3, 0.4) is 0 Å². The minimum absolute atomic E-state index is 0. The third-order valence-electron chi connectivity index (χ3n) is 2.34. The number of nitrogens with zero attached hydrogens (tertiary/aromatic N) is 3. The van der Waals surface area contributed by atoms with Crippen LogP contribution in [-0.2, 0) is 22.6 Å². The average molecular weight is 341 g/mol. The van der Waals surface area contributed by atoms with E-state index >= 15 is 0 Å². The lowest BCUT2D eigenvalue weighted by molar-refractivity contribution is -0.643. The molecule has 20 heavy (non-hydrogen) atoms. The second-order valence-corrected chi connectivity index (χ2v) is 3.94. The van der Waals surface area contributed by atoms with Crippen LogP contribution in [0.4, 0.5) is 0 Å². The Morgan fingerprint density at radius 3 is 2.65 bits per heavy atom. The van der Waals surface area contributed by atoms with Crippen molar-refractivity contribution in [3.05, 3.63) is 48.5 Å². The Morgan fingerprint density at radius 2 is 2.00 bits per heavy atom. The van der Waals surface area contributed by atoms with Crippen LogP contribution in [-0.4, -0.2) is 26.8 Å². The SMILES string of the molecule is O=C(O)Cn1c[n+](NC(=O)Cc2ccccc2)cn1.[Br-]. The quantitative estimate of drug-likeness (QED) is 0.555. The van der Waals surface area contributed by atoms with E-state index in [2.05, 4.69) is 10.5 Å². The average Bonchev–Trinajstić information content (AvgIpc) is 2.76. The molecule has 0 atom stereocenters. The number of carbonyl (C=O) groups is 2. The van der Waals surface area contributed by atoms with Gasteiger partial charge in [-0.3, -0.25) is 4.79 Å². The fraction of sp³-hybridized carbons (Fsp3) is 0.167. The minimum Gasteiger partial charge on any atom is -1.00 e. The number of hydrogen-bond donors (Lipinski definition) is 2. The van der Waals surface area contributed by atoms with Gasteiger partial charge in [-0.1, -0.05) is 30.3 Å². The molecule has 1 aromatic carbocycles. The van der Waals surface area contributed by atoms with Crippen LogP contribution in [0.2, 0.25) is 0 Å². The number of aromatic nitrogens is 3. The van der Waals surface area contributed by atoms with Gasteiger partial charge in [0.15, 0.2) is 0 Å². The van der Waals surface area contributed by atoms with E-state index in [-0.39, 0.29) is 35.9 Å². The highest BCUT2D eigenvalue weighted by Gasteiger charge is 2.11. The predicted molar refractivity (Wildman–Crippen MR) is 64.6 cm³/mol. The molecule has 7 nitrogen and oxygen atoms in total. The first-order valence-electron chi connectivity index (χ1n) is 5.63. The van der Waals surface area contributed by atoms with Crippen molar-refractivity contribution >= 4 is 11.9 Å². The molecule has 0 fully saturated rings. The predicted octanol–water partition coefficient (Wildman–Crippen LogP) is -3.43. The van der Waals surface area contributed by atoms with E-state index in [1.807, 2.05) is 30.3 Å². The Bertz CT molecular complexity index is 585. The maximum absolute atomic E-state index is 11.7. The summed E-state index contributed by atoms with van der Waals surface area (Å²) < 4.78 is 2.54. The molecule has 1 amide bonds. The molecule has 0 unspecified atom stereocenters. The van der Waals surface area contributed by atoms with Crippen molar-refractivity contribution in [3.8, 4) is 0 Å². The van der Waals surface area contributed by atoms with Crippen molar-refractivity contribution < 1.29 is 36.4 Å². The summed E-state index contributed by atoms with van der Waals surface area (Å²) in [6, 6.07) is 9.32. The summed E-state index contributed by atoms with van der Waals surface area (Å²) >= 11 is 0. The Kier molecular flexibility index (Phi) is 5.85. The summed E-state index contributed by atoms with van der Waals surface area (Å²) in [6.45, 7) is -0.248. The van der Waals surface area contributed by atoms with Crippen LogP contribution < -0.4 is 27.1 Å². The summed E-state index contributed by atoms with van der Waals surface area (Å²) in [5.41, 5.74) is 3.49. The van der Waals surface area contributed by atoms with E-state index < -0.39 is 5.97 Å². The number of carboxylic acid groups (broad SMARTS) is 1. The Labute approximate surface area is 125 Å². The Balaban J connectivity index is 0.00000200. The summed E-state index contributed by atoms with van der Waals surface area (Å²) in [6.07, 6.45) is 2.99. The lowest BCUT2D eigenvalue weighted by Gasteiger charge is -2.00. The fourth-order valence-electron chi connectivity index (χ4n) is 1.57.